The second-order valence-corrected chi connectivity index (χ2v) is 5.58. The molecule has 1 aliphatic carbocycles. The van der Waals surface area contributed by atoms with Gasteiger partial charge in [0.05, 0.1) is 5.56 Å². The van der Waals surface area contributed by atoms with Gasteiger partial charge in [0.25, 0.3) is 5.91 Å². The Morgan fingerprint density at radius 2 is 2.17 bits per heavy atom. The molecule has 1 aromatic heterocycles. The van der Waals surface area contributed by atoms with Crippen LogP contribution in [-0.2, 0) is 0 Å². The third-order valence-electron chi connectivity index (χ3n) is 3.58. The summed E-state index contributed by atoms with van der Waals surface area (Å²) in [7, 11) is 0. The Morgan fingerprint density at radius 1 is 1.44 bits per heavy atom. The van der Waals surface area contributed by atoms with Crippen molar-refractivity contribution in [3.63, 3.8) is 0 Å². The number of aromatic nitrogens is 1. The molecule has 1 aromatic rings. The number of hydrogen-bond donors (Lipinski definition) is 1. The topological polar surface area (TPSA) is 42.0 Å². The molecule has 18 heavy (non-hydrogen) atoms. The molecule has 3 nitrogen and oxygen atoms in total. The van der Waals surface area contributed by atoms with E-state index in [1.54, 1.807) is 12.3 Å². The quantitative estimate of drug-likeness (QED) is 0.855. The van der Waals surface area contributed by atoms with Crippen molar-refractivity contribution in [2.45, 2.75) is 38.0 Å². The van der Waals surface area contributed by atoms with Crippen molar-refractivity contribution < 1.29 is 4.79 Å². The molecule has 1 saturated carbocycles. The summed E-state index contributed by atoms with van der Waals surface area (Å²) >= 11 is 6.07. The number of carbonyl (C=O) groups excluding carboxylic acids is 1. The number of aryl methyl sites for hydroxylation is 1. The number of nitrogens with zero attached hydrogens (tertiary/aromatic N) is 1. The van der Waals surface area contributed by atoms with E-state index in [0.29, 0.717) is 16.9 Å². The highest BCUT2D eigenvalue weighted by atomic mass is 35.5. The highest BCUT2D eigenvalue weighted by molar-refractivity contribution is 6.20. The number of alkyl halides is 1. The van der Waals surface area contributed by atoms with Crippen molar-refractivity contribution in [2.24, 2.45) is 5.92 Å². The molecule has 2 rings (SSSR count). The molecule has 0 atom stereocenters. The van der Waals surface area contributed by atoms with Crippen LogP contribution in [0.5, 0.6) is 0 Å². The maximum Gasteiger partial charge on any atom is 0.253 e. The SMILES string of the molecule is Cc1ncccc1C(=O)NCC1CCC(Cl)CC1. The van der Waals surface area contributed by atoms with Crippen LogP contribution >= 0.6 is 11.6 Å². The first kappa shape index (κ1) is 13.3. The number of hydrogen-bond acceptors (Lipinski definition) is 2. The smallest absolute Gasteiger partial charge is 0.253 e. The van der Waals surface area contributed by atoms with Gasteiger partial charge in [0.1, 0.15) is 0 Å². The van der Waals surface area contributed by atoms with Crippen LogP contribution < -0.4 is 5.32 Å². The molecule has 4 heteroatoms. The summed E-state index contributed by atoms with van der Waals surface area (Å²) in [4.78, 5) is 16.1. The van der Waals surface area contributed by atoms with E-state index >= 15 is 0 Å². The Bertz CT molecular complexity index is 414. The molecular weight excluding hydrogens is 248 g/mol. The maximum absolute atomic E-state index is 12.0. The van der Waals surface area contributed by atoms with Crippen molar-refractivity contribution in [3.05, 3.63) is 29.6 Å². The lowest BCUT2D eigenvalue weighted by molar-refractivity contribution is 0.0942. The van der Waals surface area contributed by atoms with E-state index in [0.717, 1.165) is 37.9 Å². The van der Waals surface area contributed by atoms with Gasteiger partial charge in [-0.15, -0.1) is 11.6 Å². The highest BCUT2D eigenvalue weighted by Gasteiger charge is 2.20. The second kappa shape index (κ2) is 6.19. The molecule has 1 aliphatic rings. The molecule has 1 heterocycles. The van der Waals surface area contributed by atoms with Crippen LogP contribution in [0.15, 0.2) is 18.3 Å². The van der Waals surface area contributed by atoms with Gasteiger partial charge in [0, 0.05) is 23.8 Å². The minimum atomic E-state index is -0.0198. The number of amides is 1. The fraction of sp³-hybridized carbons (Fsp3) is 0.571. The van der Waals surface area contributed by atoms with Crippen LogP contribution in [0.3, 0.4) is 0 Å². The first-order valence-corrected chi connectivity index (χ1v) is 6.94. The van der Waals surface area contributed by atoms with Gasteiger partial charge in [-0.1, -0.05) is 0 Å². The number of halogens is 1. The molecular formula is C14H19ClN2O. The minimum absolute atomic E-state index is 0.0198. The summed E-state index contributed by atoms with van der Waals surface area (Å²) in [5, 5.41) is 3.33. The van der Waals surface area contributed by atoms with Crippen LogP contribution in [0.1, 0.15) is 41.7 Å². The van der Waals surface area contributed by atoms with Gasteiger partial charge in [-0.05, 0) is 50.7 Å². The van der Waals surface area contributed by atoms with E-state index < -0.39 is 0 Å². The lowest BCUT2D eigenvalue weighted by atomic mass is 9.89. The molecule has 1 fully saturated rings. The zero-order valence-electron chi connectivity index (χ0n) is 10.7. The lowest BCUT2D eigenvalue weighted by Gasteiger charge is -2.25. The monoisotopic (exact) mass is 266 g/mol. The molecule has 0 aromatic carbocycles. The van der Waals surface area contributed by atoms with Crippen molar-refractivity contribution in [1.29, 1.82) is 0 Å². The first-order chi connectivity index (χ1) is 8.66. The molecule has 1 N–H and O–H groups in total. The lowest BCUT2D eigenvalue weighted by Crippen LogP contribution is -2.31. The summed E-state index contributed by atoms with van der Waals surface area (Å²) in [5.41, 5.74) is 1.45. The molecule has 0 bridgehead atoms. The zero-order chi connectivity index (χ0) is 13.0. The molecule has 0 unspecified atom stereocenters. The van der Waals surface area contributed by atoms with Crippen LogP contribution in [0.4, 0.5) is 0 Å². The van der Waals surface area contributed by atoms with Gasteiger partial charge >= 0.3 is 0 Å². The summed E-state index contributed by atoms with van der Waals surface area (Å²) < 4.78 is 0. The van der Waals surface area contributed by atoms with Gasteiger partial charge < -0.3 is 5.32 Å². The van der Waals surface area contributed by atoms with E-state index in [9.17, 15) is 4.79 Å². The molecule has 1 amide bonds. The summed E-state index contributed by atoms with van der Waals surface area (Å²) in [6.45, 7) is 2.60. The summed E-state index contributed by atoms with van der Waals surface area (Å²) in [6.07, 6.45) is 6.05. The van der Waals surface area contributed by atoms with Crippen molar-refractivity contribution in [3.8, 4) is 0 Å². The summed E-state index contributed by atoms with van der Waals surface area (Å²) in [6, 6.07) is 3.61. The Kier molecular flexibility index (Phi) is 4.59. The van der Waals surface area contributed by atoms with E-state index in [1.807, 2.05) is 13.0 Å². The van der Waals surface area contributed by atoms with Crippen molar-refractivity contribution in [2.75, 3.05) is 6.54 Å². The Hall–Kier alpha value is -1.09. The van der Waals surface area contributed by atoms with Gasteiger partial charge in [0.2, 0.25) is 0 Å². The van der Waals surface area contributed by atoms with Gasteiger partial charge in [-0.25, -0.2) is 0 Å². The second-order valence-electron chi connectivity index (χ2n) is 4.96. The van der Waals surface area contributed by atoms with Crippen LogP contribution in [0, 0.1) is 12.8 Å². The first-order valence-electron chi connectivity index (χ1n) is 6.50. The standard InChI is InChI=1S/C14H19ClN2O/c1-10-13(3-2-8-16-10)14(18)17-9-11-4-6-12(15)7-5-11/h2-3,8,11-12H,4-7,9H2,1H3,(H,17,18). The van der Waals surface area contributed by atoms with Crippen LogP contribution in [0.25, 0.3) is 0 Å². The maximum atomic E-state index is 12.0. The largest absolute Gasteiger partial charge is 0.352 e. The minimum Gasteiger partial charge on any atom is -0.352 e. The highest BCUT2D eigenvalue weighted by Crippen LogP contribution is 2.27. The molecule has 0 aliphatic heterocycles. The predicted octanol–water partition coefficient (Wildman–Crippen LogP) is 2.92. The van der Waals surface area contributed by atoms with Gasteiger partial charge in [-0.3, -0.25) is 9.78 Å². The van der Waals surface area contributed by atoms with Gasteiger partial charge in [0.15, 0.2) is 0 Å². The number of nitrogens with one attached hydrogen (secondary N) is 1. The van der Waals surface area contributed by atoms with E-state index in [4.69, 9.17) is 11.6 Å². The fourth-order valence-corrected chi connectivity index (χ4v) is 2.63. The molecule has 98 valence electrons. The Labute approximate surface area is 113 Å². The molecule has 0 saturated heterocycles. The average Bonchev–Trinajstić information content (AvgIpc) is 2.38. The van der Waals surface area contributed by atoms with E-state index in [1.165, 1.54) is 0 Å². The fourth-order valence-electron chi connectivity index (χ4n) is 2.38. The predicted molar refractivity (Wildman–Crippen MR) is 72.9 cm³/mol. The van der Waals surface area contributed by atoms with Crippen LogP contribution in [0.2, 0.25) is 0 Å². The van der Waals surface area contributed by atoms with Crippen molar-refractivity contribution >= 4 is 17.5 Å². The number of rotatable bonds is 3. The third-order valence-corrected chi connectivity index (χ3v) is 4.02. The third kappa shape index (κ3) is 3.45. The molecule has 0 spiro atoms. The zero-order valence-corrected chi connectivity index (χ0v) is 11.4. The van der Waals surface area contributed by atoms with E-state index in [-0.39, 0.29) is 5.91 Å². The Morgan fingerprint density at radius 3 is 2.83 bits per heavy atom. The van der Waals surface area contributed by atoms with E-state index in [2.05, 4.69) is 10.3 Å². The normalized spacial score (nSPS) is 23.7. The number of pyridine rings is 1. The molecule has 0 radical (unpaired) electrons. The average molecular weight is 267 g/mol. The number of carbonyl (C=O) groups is 1. The Balaban J connectivity index is 1.84. The van der Waals surface area contributed by atoms with Crippen LogP contribution in [-0.4, -0.2) is 22.8 Å². The van der Waals surface area contributed by atoms with Crippen molar-refractivity contribution in [1.82, 2.24) is 10.3 Å². The summed E-state index contributed by atoms with van der Waals surface area (Å²) in [5.74, 6) is 0.550. The van der Waals surface area contributed by atoms with Gasteiger partial charge in [-0.2, -0.15) is 0 Å².